The molecular weight excluding hydrogens is 468 g/mol. The van der Waals surface area contributed by atoms with Crippen LogP contribution in [0.4, 0.5) is 5.69 Å². The SMILES string of the molecule is COc1ccc(/C(O)=C2\C(=O)C(=O)N(c3cc(C)cc(C)c3)C2c2cn(C)c3ccccc23)c(OC)c1. The summed E-state index contributed by atoms with van der Waals surface area (Å²) in [5, 5.41) is 12.5. The van der Waals surface area contributed by atoms with Crippen molar-refractivity contribution >= 4 is 34.0 Å². The molecule has 0 saturated carbocycles. The molecule has 0 aliphatic carbocycles. The minimum atomic E-state index is -0.848. The van der Waals surface area contributed by atoms with Crippen molar-refractivity contribution in [2.45, 2.75) is 19.9 Å². The topological polar surface area (TPSA) is 81.0 Å². The molecule has 1 amide bonds. The van der Waals surface area contributed by atoms with Crippen LogP contribution in [0.25, 0.3) is 16.7 Å². The number of ether oxygens (including phenoxy) is 2. The molecule has 37 heavy (non-hydrogen) atoms. The number of rotatable bonds is 5. The van der Waals surface area contributed by atoms with E-state index in [1.54, 1.807) is 18.2 Å². The molecule has 188 valence electrons. The summed E-state index contributed by atoms with van der Waals surface area (Å²) in [5.74, 6) is -0.895. The third kappa shape index (κ3) is 3.93. The van der Waals surface area contributed by atoms with Crippen molar-refractivity contribution < 1.29 is 24.2 Å². The van der Waals surface area contributed by atoms with E-state index in [-0.39, 0.29) is 11.3 Å². The largest absolute Gasteiger partial charge is 0.507 e. The van der Waals surface area contributed by atoms with Gasteiger partial charge in [0.1, 0.15) is 17.3 Å². The molecule has 1 aliphatic rings. The Kier molecular flexibility index (Phi) is 5.99. The van der Waals surface area contributed by atoms with E-state index in [1.807, 2.05) is 74.1 Å². The van der Waals surface area contributed by atoms with Gasteiger partial charge in [-0.25, -0.2) is 0 Å². The maximum Gasteiger partial charge on any atom is 0.300 e. The van der Waals surface area contributed by atoms with Gasteiger partial charge in [0.25, 0.3) is 11.7 Å². The summed E-state index contributed by atoms with van der Waals surface area (Å²) in [4.78, 5) is 28.8. The number of ketones is 1. The third-order valence-corrected chi connectivity index (χ3v) is 6.82. The Morgan fingerprint density at radius 2 is 1.62 bits per heavy atom. The Hall–Kier alpha value is -4.52. The van der Waals surface area contributed by atoms with E-state index < -0.39 is 17.7 Å². The summed E-state index contributed by atoms with van der Waals surface area (Å²) >= 11 is 0. The number of aliphatic hydroxyl groups is 1. The summed E-state index contributed by atoms with van der Waals surface area (Å²) in [6.07, 6.45) is 1.91. The summed E-state index contributed by atoms with van der Waals surface area (Å²) in [6.45, 7) is 3.89. The molecule has 1 atom stereocenters. The van der Waals surface area contributed by atoms with Gasteiger partial charge >= 0.3 is 0 Å². The standard InChI is InChI=1S/C30H28N2O5/c1-17-12-18(2)14-19(13-17)32-27(23-16-31(3)24-9-7-6-8-21(23)24)26(29(34)30(32)35)28(33)22-11-10-20(36-4)15-25(22)37-5/h6-16,27,33H,1-5H3/b28-26+. The van der Waals surface area contributed by atoms with E-state index >= 15 is 0 Å². The molecule has 1 aliphatic heterocycles. The average molecular weight is 497 g/mol. The van der Waals surface area contributed by atoms with Gasteiger partial charge in [0.05, 0.1) is 31.4 Å². The number of aryl methyl sites for hydroxylation is 3. The van der Waals surface area contributed by atoms with E-state index in [1.165, 1.54) is 19.1 Å². The minimum Gasteiger partial charge on any atom is -0.507 e. The van der Waals surface area contributed by atoms with Crippen molar-refractivity contribution in [2.75, 3.05) is 19.1 Å². The zero-order valence-corrected chi connectivity index (χ0v) is 21.4. The lowest BCUT2D eigenvalue weighted by molar-refractivity contribution is -0.132. The molecule has 1 aromatic heterocycles. The lowest BCUT2D eigenvalue weighted by atomic mass is 9.94. The molecule has 0 spiro atoms. The fourth-order valence-electron chi connectivity index (χ4n) is 5.21. The molecule has 4 aromatic rings. The van der Waals surface area contributed by atoms with Gasteiger partial charge in [-0.1, -0.05) is 24.3 Å². The predicted molar refractivity (Wildman–Crippen MR) is 143 cm³/mol. The number of nitrogens with zero attached hydrogens (tertiary/aromatic N) is 2. The van der Waals surface area contributed by atoms with Crippen LogP contribution in [-0.2, 0) is 16.6 Å². The number of anilines is 1. The van der Waals surface area contributed by atoms with Gasteiger partial charge in [0, 0.05) is 41.5 Å². The van der Waals surface area contributed by atoms with Crippen LogP contribution in [0, 0.1) is 13.8 Å². The van der Waals surface area contributed by atoms with Crippen molar-refractivity contribution in [1.82, 2.24) is 4.57 Å². The quantitative estimate of drug-likeness (QED) is 0.226. The first-order valence-electron chi connectivity index (χ1n) is 11.9. The fraction of sp³-hybridized carbons (Fsp3) is 0.200. The van der Waals surface area contributed by atoms with Gasteiger partial charge in [-0.15, -0.1) is 0 Å². The van der Waals surface area contributed by atoms with Gasteiger partial charge < -0.3 is 19.1 Å². The van der Waals surface area contributed by atoms with Crippen molar-refractivity contribution in [3.8, 4) is 11.5 Å². The van der Waals surface area contributed by atoms with Crippen LogP contribution in [-0.4, -0.2) is 35.6 Å². The Morgan fingerprint density at radius 1 is 0.919 bits per heavy atom. The molecule has 0 radical (unpaired) electrons. The van der Waals surface area contributed by atoms with E-state index in [4.69, 9.17) is 9.47 Å². The maximum atomic E-state index is 13.6. The monoisotopic (exact) mass is 496 g/mol. The van der Waals surface area contributed by atoms with Crippen LogP contribution in [0.2, 0.25) is 0 Å². The highest BCUT2D eigenvalue weighted by molar-refractivity contribution is 6.52. The molecule has 0 bridgehead atoms. The average Bonchev–Trinajstić information content (AvgIpc) is 3.35. The van der Waals surface area contributed by atoms with E-state index in [9.17, 15) is 14.7 Å². The van der Waals surface area contributed by atoms with Crippen molar-refractivity contribution in [2.24, 2.45) is 7.05 Å². The van der Waals surface area contributed by atoms with Crippen LogP contribution in [0.1, 0.15) is 28.3 Å². The molecule has 1 unspecified atom stereocenters. The second-order valence-electron chi connectivity index (χ2n) is 9.29. The summed E-state index contributed by atoms with van der Waals surface area (Å²) < 4.78 is 12.7. The number of hydrogen-bond acceptors (Lipinski definition) is 5. The number of fused-ring (bicyclic) bond motifs is 1. The summed E-state index contributed by atoms with van der Waals surface area (Å²) in [5.41, 5.74) is 4.51. The molecule has 1 N–H and O–H groups in total. The Bertz CT molecular complexity index is 1580. The van der Waals surface area contributed by atoms with Crippen LogP contribution in [0.5, 0.6) is 11.5 Å². The molecule has 5 rings (SSSR count). The lowest BCUT2D eigenvalue weighted by Crippen LogP contribution is -2.29. The first-order valence-corrected chi connectivity index (χ1v) is 11.9. The first kappa shape index (κ1) is 24.2. The highest BCUT2D eigenvalue weighted by Crippen LogP contribution is 2.46. The van der Waals surface area contributed by atoms with Crippen LogP contribution >= 0.6 is 0 Å². The molecule has 7 heteroatoms. The normalized spacial score (nSPS) is 17.0. The van der Waals surface area contributed by atoms with Crippen LogP contribution < -0.4 is 14.4 Å². The lowest BCUT2D eigenvalue weighted by Gasteiger charge is -2.26. The number of carbonyl (C=O) groups excluding carboxylic acids is 2. The van der Waals surface area contributed by atoms with Gasteiger partial charge in [0.15, 0.2) is 0 Å². The van der Waals surface area contributed by atoms with E-state index in [2.05, 4.69) is 0 Å². The number of benzene rings is 3. The smallest absolute Gasteiger partial charge is 0.300 e. The number of para-hydroxylation sites is 1. The second kappa shape index (κ2) is 9.17. The van der Waals surface area contributed by atoms with Crippen molar-refractivity contribution in [3.63, 3.8) is 0 Å². The number of Topliss-reactive ketones (excluding diaryl/α,β-unsaturated/α-hetero) is 1. The van der Waals surface area contributed by atoms with Crippen LogP contribution in [0.3, 0.4) is 0 Å². The molecule has 3 aromatic carbocycles. The second-order valence-corrected chi connectivity index (χ2v) is 9.29. The summed E-state index contributed by atoms with van der Waals surface area (Å²) in [7, 11) is 4.92. The van der Waals surface area contributed by atoms with Crippen molar-refractivity contribution in [3.05, 3.63) is 94.7 Å². The molecule has 2 heterocycles. The molecular formula is C30H28N2O5. The maximum absolute atomic E-state index is 13.6. The fourth-order valence-corrected chi connectivity index (χ4v) is 5.21. The van der Waals surface area contributed by atoms with Crippen molar-refractivity contribution in [1.29, 1.82) is 0 Å². The molecule has 7 nitrogen and oxygen atoms in total. The van der Waals surface area contributed by atoms with Crippen LogP contribution in [0.15, 0.2) is 72.4 Å². The minimum absolute atomic E-state index is 0.00368. The highest BCUT2D eigenvalue weighted by atomic mass is 16.5. The zero-order valence-electron chi connectivity index (χ0n) is 21.4. The number of amides is 1. The zero-order chi connectivity index (χ0) is 26.4. The number of carbonyl (C=O) groups is 2. The Balaban J connectivity index is 1.82. The van der Waals surface area contributed by atoms with E-state index in [0.717, 1.165) is 27.6 Å². The first-order chi connectivity index (χ1) is 17.7. The number of aromatic nitrogens is 1. The molecule has 1 fully saturated rings. The van der Waals surface area contributed by atoms with E-state index in [0.29, 0.717) is 22.7 Å². The molecule has 1 saturated heterocycles. The van der Waals surface area contributed by atoms with Gasteiger partial charge in [-0.2, -0.15) is 0 Å². The number of hydrogen-bond donors (Lipinski definition) is 1. The Labute approximate surface area is 215 Å². The third-order valence-electron chi connectivity index (χ3n) is 6.82. The number of aliphatic hydroxyl groups excluding tert-OH is 1. The number of methoxy groups -OCH3 is 2. The van der Waals surface area contributed by atoms with Gasteiger partial charge in [-0.3, -0.25) is 14.5 Å². The predicted octanol–water partition coefficient (Wildman–Crippen LogP) is 5.44. The highest BCUT2D eigenvalue weighted by Gasteiger charge is 2.48. The van der Waals surface area contributed by atoms with Gasteiger partial charge in [-0.05, 0) is 55.3 Å². The Morgan fingerprint density at radius 3 is 2.30 bits per heavy atom. The summed E-state index contributed by atoms with van der Waals surface area (Å²) in [6, 6.07) is 17.6. The van der Waals surface area contributed by atoms with Gasteiger partial charge in [0.2, 0.25) is 0 Å².